The zero-order valence-electron chi connectivity index (χ0n) is 10.7. The third-order valence-electron chi connectivity index (χ3n) is 2.27. The summed E-state index contributed by atoms with van der Waals surface area (Å²) in [5, 5.41) is 4.51. The average molecular weight is 263 g/mol. The van der Waals surface area contributed by atoms with Gasteiger partial charge in [0.05, 0.1) is 0 Å². The van der Waals surface area contributed by atoms with Crippen LogP contribution in [0.4, 0.5) is 0 Å². The molecule has 0 saturated carbocycles. The smallest absolute Gasteiger partial charge is 1.00 e. The van der Waals surface area contributed by atoms with Gasteiger partial charge in [0.2, 0.25) is 0 Å². The van der Waals surface area contributed by atoms with Gasteiger partial charge in [0.1, 0.15) is 0 Å². The first-order valence-corrected chi connectivity index (χ1v) is 5.16. The van der Waals surface area contributed by atoms with Crippen molar-refractivity contribution in [2.75, 3.05) is 0 Å². The van der Waals surface area contributed by atoms with Crippen LogP contribution in [0.15, 0.2) is 60.7 Å². The van der Waals surface area contributed by atoms with E-state index in [0.29, 0.717) is 0 Å². The molecule has 0 N–H and O–H groups in total. The summed E-state index contributed by atoms with van der Waals surface area (Å²) in [5.41, 5.74) is 2.54. The molecule has 85 valence electrons. The molecule has 0 heterocycles. The van der Waals surface area contributed by atoms with Gasteiger partial charge in [0, 0.05) is 18.9 Å². The van der Waals surface area contributed by atoms with E-state index in [-0.39, 0.29) is 54.3 Å². The third kappa shape index (κ3) is 7.48. The van der Waals surface area contributed by atoms with Crippen LogP contribution in [0.1, 0.15) is 11.1 Å². The standard InChI is InChI=1S/C14H14N.ClH.Li.Mg/c1-3-7-13(8-4-1)11-15-12-14-9-5-2-6-10-14;;;/h1-10H,11-12H2;1H;;/q-1;;;+2/p-1. The zero-order chi connectivity index (χ0) is 10.3. The maximum absolute atomic E-state index is 4.51. The van der Waals surface area contributed by atoms with Crippen LogP contribution >= 0.6 is 0 Å². The molecule has 0 spiro atoms. The van der Waals surface area contributed by atoms with Crippen molar-refractivity contribution in [1.82, 2.24) is 0 Å². The summed E-state index contributed by atoms with van der Waals surface area (Å²) in [7, 11) is 0. The molecule has 0 saturated heterocycles. The Labute approximate surface area is 143 Å². The first kappa shape index (κ1) is 20.4. The van der Waals surface area contributed by atoms with E-state index in [2.05, 4.69) is 29.6 Å². The molecule has 1 radical (unpaired) electrons. The van der Waals surface area contributed by atoms with E-state index in [9.17, 15) is 0 Å². The molecule has 18 heavy (non-hydrogen) atoms. The van der Waals surface area contributed by atoms with E-state index in [1.807, 2.05) is 36.4 Å². The van der Waals surface area contributed by atoms with Crippen molar-refractivity contribution in [3.05, 3.63) is 77.1 Å². The van der Waals surface area contributed by atoms with Crippen LogP contribution in [-0.4, -0.2) is 41.9 Å². The molecular formula is C14H14ClLiMgN. The average Bonchev–Trinajstić information content (AvgIpc) is 2.32. The summed E-state index contributed by atoms with van der Waals surface area (Å²) in [6.07, 6.45) is 0. The molecule has 0 aromatic heterocycles. The normalized spacial score (nSPS) is 8.44. The summed E-state index contributed by atoms with van der Waals surface area (Å²) in [6, 6.07) is 20.7. The third-order valence-corrected chi connectivity index (χ3v) is 2.27. The molecule has 2 aromatic carbocycles. The second kappa shape index (κ2) is 12.1. The molecule has 1 nitrogen and oxygen atoms in total. The van der Waals surface area contributed by atoms with Crippen LogP contribution < -0.4 is 12.4 Å². The summed E-state index contributed by atoms with van der Waals surface area (Å²) in [6.45, 7) is 1.60. The second-order valence-corrected chi connectivity index (χ2v) is 3.51. The summed E-state index contributed by atoms with van der Waals surface area (Å²) in [5.74, 6) is 0. The molecular weight excluding hydrogens is 249 g/mol. The molecule has 0 bridgehead atoms. The largest absolute Gasteiger partial charge is 2.00 e. The molecule has 2 rings (SSSR count). The predicted octanol–water partition coefficient (Wildman–Crippen LogP) is 0.00290. The molecule has 0 amide bonds. The van der Waals surface area contributed by atoms with Crippen LogP contribution in [0.2, 0.25) is 0 Å². The van der Waals surface area contributed by atoms with Gasteiger partial charge in [0.25, 0.3) is 0 Å². The van der Waals surface area contributed by atoms with Crippen molar-refractivity contribution < 1.29 is 12.4 Å². The quantitative estimate of drug-likeness (QED) is 0.689. The van der Waals surface area contributed by atoms with Gasteiger partial charge < -0.3 is 17.7 Å². The fourth-order valence-electron chi connectivity index (χ4n) is 1.48. The number of nitrogens with zero attached hydrogens (tertiary/aromatic N) is 1. The molecule has 2 aromatic rings. The molecule has 0 aliphatic heterocycles. The van der Waals surface area contributed by atoms with Gasteiger partial charge in [0.15, 0.2) is 0 Å². The Kier molecular flexibility index (Phi) is 13.7. The second-order valence-electron chi connectivity index (χ2n) is 3.51. The fourth-order valence-corrected chi connectivity index (χ4v) is 1.48. The van der Waals surface area contributed by atoms with E-state index in [0.717, 1.165) is 13.1 Å². The van der Waals surface area contributed by atoms with Gasteiger partial charge in [-0.1, -0.05) is 71.8 Å². The van der Waals surface area contributed by atoms with Gasteiger partial charge >= 0.3 is 23.1 Å². The fraction of sp³-hybridized carbons (Fsp3) is 0.143. The summed E-state index contributed by atoms with van der Waals surface area (Å²) >= 11 is 0. The van der Waals surface area contributed by atoms with Crippen LogP contribution in [0, 0.1) is 0 Å². The molecule has 0 aliphatic carbocycles. The van der Waals surface area contributed by atoms with Crippen LogP contribution in [-0.2, 0) is 13.1 Å². The first-order chi connectivity index (χ1) is 7.45. The van der Waals surface area contributed by atoms with E-state index < -0.39 is 0 Å². The Morgan fingerprint density at radius 3 is 1.33 bits per heavy atom. The van der Waals surface area contributed by atoms with Crippen molar-refractivity contribution in [2.45, 2.75) is 13.1 Å². The minimum atomic E-state index is 0. The van der Waals surface area contributed by atoms with E-state index in [4.69, 9.17) is 0 Å². The predicted molar refractivity (Wildman–Crippen MR) is 75.2 cm³/mol. The van der Waals surface area contributed by atoms with Crippen molar-refractivity contribution in [2.24, 2.45) is 0 Å². The van der Waals surface area contributed by atoms with Crippen LogP contribution in [0.25, 0.3) is 5.32 Å². The van der Waals surface area contributed by atoms with Crippen LogP contribution in [0.5, 0.6) is 0 Å². The van der Waals surface area contributed by atoms with Gasteiger partial charge in [-0.05, 0) is 0 Å². The van der Waals surface area contributed by atoms with Crippen LogP contribution in [0.3, 0.4) is 0 Å². The van der Waals surface area contributed by atoms with E-state index >= 15 is 0 Å². The van der Waals surface area contributed by atoms with Crippen molar-refractivity contribution in [3.63, 3.8) is 0 Å². The Morgan fingerprint density at radius 1 is 0.667 bits per heavy atom. The number of halogens is 1. The number of hydrogen-bond acceptors (Lipinski definition) is 0. The molecule has 0 atom stereocenters. The van der Waals surface area contributed by atoms with Gasteiger partial charge in [-0.2, -0.15) is 0 Å². The first-order valence-electron chi connectivity index (χ1n) is 5.16. The van der Waals surface area contributed by atoms with Crippen molar-refractivity contribution in [3.8, 4) is 0 Å². The molecule has 0 aliphatic rings. The number of hydrogen-bond donors (Lipinski definition) is 0. The Morgan fingerprint density at radius 2 is 1.00 bits per heavy atom. The minimum absolute atomic E-state index is 0. The Balaban J connectivity index is 0. The topological polar surface area (TPSA) is 14.1 Å². The minimum Gasteiger partial charge on any atom is -1.00 e. The maximum atomic E-state index is 4.51. The monoisotopic (exact) mass is 262 g/mol. The number of benzene rings is 2. The molecule has 4 heteroatoms. The van der Waals surface area contributed by atoms with Crippen molar-refractivity contribution in [1.29, 1.82) is 0 Å². The molecule has 0 fully saturated rings. The Bertz CT molecular complexity index is 358. The zero-order valence-corrected chi connectivity index (χ0v) is 12.9. The van der Waals surface area contributed by atoms with E-state index in [1.54, 1.807) is 0 Å². The van der Waals surface area contributed by atoms with E-state index in [1.165, 1.54) is 11.1 Å². The maximum Gasteiger partial charge on any atom is 2.00 e. The summed E-state index contributed by atoms with van der Waals surface area (Å²) < 4.78 is 0. The Hall–Kier alpha value is 0.0536. The SMILES string of the molecule is [Cl-].[Li].[Mg+2].c1ccc(C[N-]Cc2ccccc2)cc1. The summed E-state index contributed by atoms with van der Waals surface area (Å²) in [4.78, 5) is 0. The van der Waals surface area contributed by atoms with Gasteiger partial charge in [-0.15, -0.1) is 13.1 Å². The van der Waals surface area contributed by atoms with Crippen molar-refractivity contribution >= 4 is 41.9 Å². The molecule has 0 unspecified atom stereocenters. The van der Waals surface area contributed by atoms with Gasteiger partial charge in [-0.25, -0.2) is 0 Å². The van der Waals surface area contributed by atoms with Gasteiger partial charge in [-0.3, -0.25) is 0 Å². The number of rotatable bonds is 4.